The van der Waals surface area contributed by atoms with Crippen LogP contribution < -0.4 is 10.1 Å². The van der Waals surface area contributed by atoms with Crippen LogP contribution in [0.5, 0.6) is 5.88 Å². The zero-order valence-corrected chi connectivity index (χ0v) is 27.3. The van der Waals surface area contributed by atoms with Gasteiger partial charge in [-0.05, 0) is 91.7 Å². The quantitative estimate of drug-likeness (QED) is 0.139. The Morgan fingerprint density at radius 2 is 1.46 bits per heavy atom. The highest BCUT2D eigenvalue weighted by molar-refractivity contribution is 6.14. The van der Waals surface area contributed by atoms with Gasteiger partial charge in [0.05, 0.1) is 6.20 Å². The second-order valence-electron chi connectivity index (χ2n) is 10.9. The SMILES string of the molecule is CC.CCN(CC)CCOc1nncc2cc(C(=O)NC3C/C(=C\c4ccc(F)c(F)c4)C(=O)/C(=C/c4ccc(F)c(F)c4)C3)ccc12. The van der Waals surface area contributed by atoms with E-state index in [1.54, 1.807) is 18.2 Å². The van der Waals surface area contributed by atoms with Crippen molar-refractivity contribution in [3.63, 3.8) is 0 Å². The van der Waals surface area contributed by atoms with Gasteiger partial charge in [-0.1, -0.05) is 39.8 Å². The summed E-state index contributed by atoms with van der Waals surface area (Å²) in [7, 11) is 0. The standard InChI is InChI=1S/C35H32F4N4O3.C2H6/c1-3-43(4-2)11-12-46-35-28-8-7-23(17-26(28)20-40-42-35)34(45)41-27-18-24(13-21-5-9-29(36)31(38)15-21)33(44)25(19-27)14-22-6-10-30(37)32(39)16-22;1-2/h5-10,13-17,20,27H,3-4,11-12,18-19H2,1-2H3,(H,41,45);1-2H3/b24-13+,25-14+;. The van der Waals surface area contributed by atoms with E-state index in [-0.39, 0.29) is 35.1 Å². The maximum atomic E-state index is 13.9. The molecule has 0 bridgehead atoms. The number of hydrogen-bond acceptors (Lipinski definition) is 6. The number of fused-ring (bicyclic) bond motifs is 1. The van der Waals surface area contributed by atoms with Gasteiger partial charge in [-0.25, -0.2) is 17.6 Å². The first-order chi connectivity index (χ1) is 23.1. The molecule has 1 aliphatic rings. The van der Waals surface area contributed by atoms with Gasteiger partial charge in [-0.2, -0.15) is 5.10 Å². The van der Waals surface area contributed by atoms with Gasteiger partial charge in [-0.15, -0.1) is 5.10 Å². The molecule has 1 heterocycles. The molecular formula is C37H38F4N4O3. The van der Waals surface area contributed by atoms with Crippen LogP contribution in [0.25, 0.3) is 22.9 Å². The van der Waals surface area contributed by atoms with E-state index < -0.39 is 41.0 Å². The van der Waals surface area contributed by atoms with Crippen LogP contribution in [-0.4, -0.2) is 59.1 Å². The van der Waals surface area contributed by atoms with Crippen molar-refractivity contribution >= 4 is 34.6 Å². The van der Waals surface area contributed by atoms with Gasteiger partial charge in [0.15, 0.2) is 29.1 Å². The lowest BCUT2D eigenvalue weighted by Gasteiger charge is -2.27. The lowest BCUT2D eigenvalue weighted by atomic mass is 9.83. The Morgan fingerprint density at radius 1 is 0.875 bits per heavy atom. The molecule has 48 heavy (non-hydrogen) atoms. The number of aromatic nitrogens is 2. The minimum Gasteiger partial charge on any atom is -0.475 e. The fourth-order valence-electron chi connectivity index (χ4n) is 5.34. The highest BCUT2D eigenvalue weighted by Crippen LogP contribution is 2.30. The molecule has 0 aliphatic heterocycles. The molecule has 0 saturated heterocycles. The Labute approximate surface area is 277 Å². The lowest BCUT2D eigenvalue weighted by molar-refractivity contribution is -0.113. The van der Waals surface area contributed by atoms with Crippen LogP contribution in [0.1, 0.15) is 62.0 Å². The van der Waals surface area contributed by atoms with Crippen LogP contribution in [0.3, 0.4) is 0 Å². The predicted octanol–water partition coefficient (Wildman–Crippen LogP) is 7.56. The predicted molar refractivity (Wildman–Crippen MR) is 178 cm³/mol. The van der Waals surface area contributed by atoms with Gasteiger partial charge in [0.1, 0.15) is 6.61 Å². The zero-order chi connectivity index (χ0) is 34.8. The fraction of sp³-hybridized carbons (Fsp3) is 0.297. The van der Waals surface area contributed by atoms with E-state index in [1.165, 1.54) is 30.5 Å². The van der Waals surface area contributed by atoms with Crippen LogP contribution in [0.4, 0.5) is 17.6 Å². The molecule has 252 valence electrons. The molecule has 3 aromatic carbocycles. The summed E-state index contributed by atoms with van der Waals surface area (Å²) in [6, 6.07) is 11.0. The Bertz CT molecular complexity index is 1770. The van der Waals surface area contributed by atoms with Crippen molar-refractivity contribution in [2.75, 3.05) is 26.2 Å². The summed E-state index contributed by atoms with van der Waals surface area (Å²) in [5.74, 6) is -4.65. The summed E-state index contributed by atoms with van der Waals surface area (Å²) >= 11 is 0. The molecule has 0 radical (unpaired) electrons. The Morgan fingerprint density at radius 3 is 2.00 bits per heavy atom. The second kappa shape index (κ2) is 16.8. The number of Topliss-reactive ketones (excluding diaryl/α,β-unsaturated/α-hetero) is 1. The van der Waals surface area contributed by atoms with Crippen LogP contribution >= 0.6 is 0 Å². The second-order valence-corrected chi connectivity index (χ2v) is 10.9. The van der Waals surface area contributed by atoms with E-state index in [2.05, 4.69) is 34.3 Å². The zero-order valence-electron chi connectivity index (χ0n) is 27.3. The molecule has 1 N–H and O–H groups in total. The lowest BCUT2D eigenvalue weighted by Crippen LogP contribution is -2.39. The van der Waals surface area contributed by atoms with Crippen molar-refractivity contribution in [1.82, 2.24) is 20.4 Å². The van der Waals surface area contributed by atoms with Crippen molar-refractivity contribution < 1.29 is 31.9 Å². The van der Waals surface area contributed by atoms with E-state index in [0.717, 1.165) is 43.9 Å². The summed E-state index contributed by atoms with van der Waals surface area (Å²) in [6.45, 7) is 11.1. The maximum absolute atomic E-state index is 13.9. The molecule has 11 heteroatoms. The molecule has 0 spiro atoms. The van der Waals surface area contributed by atoms with E-state index in [9.17, 15) is 27.2 Å². The topological polar surface area (TPSA) is 84.4 Å². The maximum Gasteiger partial charge on any atom is 0.251 e. The summed E-state index contributed by atoms with van der Waals surface area (Å²) in [5, 5.41) is 12.4. The first-order valence-electron chi connectivity index (χ1n) is 15.9. The number of halogens is 4. The molecule has 0 unspecified atom stereocenters. The highest BCUT2D eigenvalue weighted by atomic mass is 19.2. The number of nitrogens with zero attached hydrogens (tertiary/aromatic N) is 3. The van der Waals surface area contributed by atoms with Crippen molar-refractivity contribution in [1.29, 1.82) is 0 Å². The number of likely N-dealkylation sites (N-methyl/N-ethyl adjacent to an activating group) is 1. The first kappa shape index (κ1) is 35.9. The Kier molecular flexibility index (Phi) is 12.6. The summed E-state index contributed by atoms with van der Waals surface area (Å²) in [6.07, 6.45) is 4.59. The van der Waals surface area contributed by atoms with Gasteiger partial charge in [0, 0.05) is 40.1 Å². The Balaban J connectivity index is 0.00000255. The fourth-order valence-corrected chi connectivity index (χ4v) is 5.34. The molecular weight excluding hydrogens is 624 g/mol. The summed E-state index contributed by atoms with van der Waals surface area (Å²) in [5.41, 5.74) is 1.32. The number of ether oxygens (including phenoxy) is 1. The number of carbonyl (C=O) groups is 2. The molecule has 4 aromatic rings. The molecule has 0 atom stereocenters. The van der Waals surface area contributed by atoms with E-state index >= 15 is 0 Å². The monoisotopic (exact) mass is 662 g/mol. The minimum absolute atomic E-state index is 0.0995. The van der Waals surface area contributed by atoms with E-state index in [4.69, 9.17) is 4.74 Å². The van der Waals surface area contributed by atoms with Crippen molar-refractivity contribution in [2.45, 2.75) is 46.6 Å². The molecule has 1 saturated carbocycles. The number of hydrogen-bond donors (Lipinski definition) is 1. The number of benzene rings is 3. The van der Waals surface area contributed by atoms with Crippen LogP contribution in [-0.2, 0) is 4.79 Å². The largest absolute Gasteiger partial charge is 0.475 e. The number of carbonyl (C=O) groups excluding carboxylic acids is 2. The molecule has 1 amide bonds. The van der Waals surface area contributed by atoms with Crippen molar-refractivity contribution in [3.05, 3.63) is 112 Å². The average molecular weight is 663 g/mol. The summed E-state index contributed by atoms with van der Waals surface area (Å²) < 4.78 is 60.8. The van der Waals surface area contributed by atoms with Crippen LogP contribution in [0.15, 0.2) is 71.9 Å². The molecule has 7 nitrogen and oxygen atoms in total. The van der Waals surface area contributed by atoms with E-state index in [0.29, 0.717) is 28.8 Å². The van der Waals surface area contributed by atoms with Gasteiger partial charge in [-0.3, -0.25) is 9.59 Å². The third-order valence-corrected chi connectivity index (χ3v) is 7.85. The molecule has 5 rings (SSSR count). The molecule has 1 fully saturated rings. The minimum atomic E-state index is -1.07. The van der Waals surface area contributed by atoms with Crippen LogP contribution in [0.2, 0.25) is 0 Å². The normalized spacial score (nSPS) is 16.3. The summed E-state index contributed by atoms with van der Waals surface area (Å²) in [4.78, 5) is 29.1. The third-order valence-electron chi connectivity index (χ3n) is 7.85. The molecule has 1 aliphatic carbocycles. The van der Waals surface area contributed by atoms with Gasteiger partial charge in [0.25, 0.3) is 5.91 Å². The van der Waals surface area contributed by atoms with Gasteiger partial charge in [0.2, 0.25) is 5.88 Å². The average Bonchev–Trinajstić information content (AvgIpc) is 3.09. The van der Waals surface area contributed by atoms with Crippen molar-refractivity contribution in [3.8, 4) is 5.88 Å². The number of nitrogens with one attached hydrogen (secondary N) is 1. The third kappa shape index (κ3) is 8.92. The van der Waals surface area contributed by atoms with Crippen LogP contribution in [0, 0.1) is 23.3 Å². The number of ketones is 1. The van der Waals surface area contributed by atoms with E-state index in [1.807, 2.05) is 13.8 Å². The Hall–Kier alpha value is -4.90. The highest BCUT2D eigenvalue weighted by Gasteiger charge is 2.29. The smallest absolute Gasteiger partial charge is 0.251 e. The van der Waals surface area contributed by atoms with Crippen molar-refractivity contribution in [2.24, 2.45) is 0 Å². The number of rotatable bonds is 10. The van der Waals surface area contributed by atoms with Gasteiger partial charge >= 0.3 is 0 Å². The van der Waals surface area contributed by atoms with Gasteiger partial charge < -0.3 is 15.0 Å². The number of amides is 1. The molecule has 1 aromatic heterocycles. The first-order valence-corrected chi connectivity index (χ1v) is 15.9.